The Morgan fingerprint density at radius 2 is 1.70 bits per heavy atom. The molecule has 0 aliphatic heterocycles. The van der Waals surface area contributed by atoms with Crippen molar-refractivity contribution in [2.75, 3.05) is 17.1 Å². The number of nitrogens with one attached hydrogen (secondary N) is 1. The molecule has 2 unspecified atom stereocenters. The van der Waals surface area contributed by atoms with Crippen molar-refractivity contribution in [3.8, 4) is 0 Å². The van der Waals surface area contributed by atoms with Crippen molar-refractivity contribution in [3.63, 3.8) is 0 Å². The quantitative estimate of drug-likeness (QED) is 0.474. The molecule has 33 heavy (non-hydrogen) atoms. The number of amides is 2. The van der Waals surface area contributed by atoms with Crippen LogP contribution in [0.2, 0.25) is 5.02 Å². The van der Waals surface area contributed by atoms with Gasteiger partial charge in [-0.05, 0) is 60.0 Å². The summed E-state index contributed by atoms with van der Waals surface area (Å²) in [4.78, 5) is 27.7. The third-order valence-corrected chi connectivity index (χ3v) is 7.43. The maximum atomic E-state index is 13.5. The molecule has 0 spiro atoms. The van der Waals surface area contributed by atoms with E-state index in [9.17, 15) is 18.0 Å². The van der Waals surface area contributed by atoms with Crippen molar-refractivity contribution in [2.24, 2.45) is 0 Å². The Balaban J connectivity index is 2.41. The topological polar surface area (TPSA) is 86.8 Å². The van der Waals surface area contributed by atoms with E-state index in [2.05, 4.69) is 21.2 Å². The van der Waals surface area contributed by atoms with Gasteiger partial charge in [-0.3, -0.25) is 13.9 Å². The number of para-hydroxylation sites is 1. The molecule has 0 saturated heterocycles. The predicted octanol–water partition coefficient (Wildman–Crippen LogP) is 4.20. The van der Waals surface area contributed by atoms with Crippen LogP contribution in [0, 0.1) is 0 Å². The molecule has 2 aromatic carbocycles. The van der Waals surface area contributed by atoms with E-state index < -0.39 is 28.5 Å². The van der Waals surface area contributed by atoms with Crippen LogP contribution < -0.4 is 9.62 Å². The number of halogens is 2. The summed E-state index contributed by atoms with van der Waals surface area (Å²) in [6.07, 6.45) is 1.78. The Morgan fingerprint density at radius 3 is 2.27 bits per heavy atom. The van der Waals surface area contributed by atoms with Gasteiger partial charge in [0.2, 0.25) is 21.8 Å². The van der Waals surface area contributed by atoms with Gasteiger partial charge in [-0.25, -0.2) is 8.42 Å². The number of sulfonamides is 1. The number of nitrogens with zero attached hydrogens (tertiary/aromatic N) is 2. The summed E-state index contributed by atoms with van der Waals surface area (Å²) < 4.78 is 26.7. The van der Waals surface area contributed by atoms with Crippen LogP contribution in [-0.2, 0) is 26.2 Å². The predicted molar refractivity (Wildman–Crippen MR) is 136 cm³/mol. The second-order valence-electron chi connectivity index (χ2n) is 7.83. The summed E-state index contributed by atoms with van der Waals surface area (Å²) in [5, 5.41) is 3.34. The lowest BCUT2D eigenvalue weighted by atomic mass is 10.1. The van der Waals surface area contributed by atoms with E-state index in [0.29, 0.717) is 20.7 Å². The molecule has 2 rings (SSSR count). The highest BCUT2D eigenvalue weighted by molar-refractivity contribution is 9.10. The van der Waals surface area contributed by atoms with Crippen LogP contribution in [0.3, 0.4) is 0 Å². The monoisotopic (exact) mass is 557 g/mol. The molecule has 0 saturated carbocycles. The summed E-state index contributed by atoms with van der Waals surface area (Å²) in [7, 11) is -3.79. The zero-order valence-electron chi connectivity index (χ0n) is 19.1. The molecule has 1 N–H and O–H groups in total. The minimum absolute atomic E-state index is 0.0567. The lowest BCUT2D eigenvalue weighted by Gasteiger charge is -2.32. The van der Waals surface area contributed by atoms with Gasteiger partial charge in [-0.2, -0.15) is 0 Å². The number of benzene rings is 2. The number of hydrogen-bond donors (Lipinski definition) is 1. The SMILES string of the molecule is CCC(C)NC(=O)C(C)N(Cc1ccccc1Cl)C(=O)CN(c1ccccc1Br)S(C)(=O)=O. The first-order chi connectivity index (χ1) is 15.5. The number of rotatable bonds is 10. The molecule has 0 bridgehead atoms. The highest BCUT2D eigenvalue weighted by atomic mass is 79.9. The fourth-order valence-electron chi connectivity index (χ4n) is 3.11. The molecule has 180 valence electrons. The summed E-state index contributed by atoms with van der Waals surface area (Å²) >= 11 is 9.66. The first kappa shape index (κ1) is 27.1. The van der Waals surface area contributed by atoms with Gasteiger partial charge < -0.3 is 10.2 Å². The van der Waals surface area contributed by atoms with E-state index in [4.69, 9.17) is 11.6 Å². The van der Waals surface area contributed by atoms with Gasteiger partial charge in [0.25, 0.3) is 0 Å². The molecule has 0 aromatic heterocycles. The first-order valence-corrected chi connectivity index (χ1v) is 13.5. The van der Waals surface area contributed by atoms with E-state index in [0.717, 1.165) is 17.0 Å². The summed E-state index contributed by atoms with van der Waals surface area (Å²) in [6.45, 7) is 5.04. The molecule has 0 aliphatic rings. The number of carbonyl (C=O) groups excluding carboxylic acids is 2. The van der Waals surface area contributed by atoms with E-state index in [1.165, 1.54) is 4.90 Å². The third-order valence-electron chi connectivity index (χ3n) is 5.27. The Bertz CT molecular complexity index is 1100. The van der Waals surface area contributed by atoms with Gasteiger partial charge in [0, 0.05) is 22.1 Å². The van der Waals surface area contributed by atoms with Gasteiger partial charge in [0.05, 0.1) is 11.9 Å². The van der Waals surface area contributed by atoms with Gasteiger partial charge in [0.15, 0.2) is 0 Å². The minimum Gasteiger partial charge on any atom is -0.352 e. The van der Waals surface area contributed by atoms with Crippen LogP contribution in [0.25, 0.3) is 0 Å². The van der Waals surface area contributed by atoms with Crippen LogP contribution in [0.5, 0.6) is 0 Å². The van der Waals surface area contributed by atoms with Gasteiger partial charge in [0.1, 0.15) is 12.6 Å². The molecule has 0 aliphatic carbocycles. The average molecular weight is 559 g/mol. The van der Waals surface area contributed by atoms with Gasteiger partial charge in [-0.1, -0.05) is 48.9 Å². The zero-order chi connectivity index (χ0) is 24.8. The molecule has 2 atom stereocenters. The fraction of sp³-hybridized carbons (Fsp3) is 0.391. The minimum atomic E-state index is -3.79. The molecule has 10 heteroatoms. The van der Waals surface area contributed by atoms with Crippen LogP contribution in [0.15, 0.2) is 53.0 Å². The average Bonchev–Trinajstić information content (AvgIpc) is 2.76. The first-order valence-electron chi connectivity index (χ1n) is 10.5. The number of carbonyl (C=O) groups is 2. The lowest BCUT2D eigenvalue weighted by Crippen LogP contribution is -2.52. The standard InChI is InChI=1S/C23H29BrClN3O4S/c1-5-16(2)26-23(30)17(3)27(14-18-10-6-8-12-20(18)25)22(29)15-28(33(4,31)32)21-13-9-7-11-19(21)24/h6-13,16-17H,5,14-15H2,1-4H3,(H,26,30). The highest BCUT2D eigenvalue weighted by Crippen LogP contribution is 2.28. The van der Waals surface area contributed by atoms with Crippen molar-refractivity contribution in [3.05, 3.63) is 63.6 Å². The van der Waals surface area contributed by atoms with Crippen LogP contribution in [0.1, 0.15) is 32.8 Å². The fourth-order valence-corrected chi connectivity index (χ4v) is 4.78. The van der Waals surface area contributed by atoms with Gasteiger partial charge in [-0.15, -0.1) is 0 Å². The van der Waals surface area contributed by atoms with Crippen molar-refractivity contribution in [1.29, 1.82) is 0 Å². The van der Waals surface area contributed by atoms with Crippen molar-refractivity contribution >= 4 is 55.1 Å². The van der Waals surface area contributed by atoms with Crippen LogP contribution in [0.4, 0.5) is 5.69 Å². The highest BCUT2D eigenvalue weighted by Gasteiger charge is 2.31. The second kappa shape index (κ2) is 11.9. The van der Waals surface area contributed by atoms with Crippen LogP contribution in [-0.4, -0.2) is 50.0 Å². The normalized spacial score (nSPS) is 13.2. The van der Waals surface area contributed by atoms with Crippen molar-refractivity contribution in [2.45, 2.75) is 45.8 Å². The largest absolute Gasteiger partial charge is 0.352 e. The molecular weight excluding hydrogens is 530 g/mol. The maximum Gasteiger partial charge on any atom is 0.244 e. The number of hydrogen-bond acceptors (Lipinski definition) is 4. The van der Waals surface area contributed by atoms with E-state index >= 15 is 0 Å². The zero-order valence-corrected chi connectivity index (χ0v) is 22.2. The Kier molecular flexibility index (Phi) is 9.75. The molecule has 0 radical (unpaired) electrons. The molecule has 0 fully saturated rings. The summed E-state index contributed by atoms with van der Waals surface area (Å²) in [6, 6.07) is 12.9. The lowest BCUT2D eigenvalue weighted by molar-refractivity contribution is -0.139. The van der Waals surface area contributed by atoms with E-state index in [1.54, 1.807) is 55.5 Å². The molecule has 2 amide bonds. The summed E-state index contributed by atoms with van der Waals surface area (Å²) in [5.74, 6) is -0.848. The van der Waals surface area contributed by atoms with Crippen LogP contribution >= 0.6 is 27.5 Å². The number of anilines is 1. The second-order valence-corrected chi connectivity index (χ2v) is 11.0. The summed E-state index contributed by atoms with van der Waals surface area (Å²) in [5.41, 5.74) is 0.991. The molecule has 0 heterocycles. The molecular formula is C23H29BrClN3O4S. The smallest absolute Gasteiger partial charge is 0.244 e. The Hall–Kier alpha value is -2.10. The van der Waals surface area contributed by atoms with E-state index in [1.807, 2.05) is 13.8 Å². The van der Waals surface area contributed by atoms with E-state index in [-0.39, 0.29) is 18.5 Å². The Labute approximate surface area is 209 Å². The Morgan fingerprint density at radius 1 is 1.09 bits per heavy atom. The van der Waals surface area contributed by atoms with Gasteiger partial charge >= 0.3 is 0 Å². The van der Waals surface area contributed by atoms with Crippen molar-refractivity contribution in [1.82, 2.24) is 10.2 Å². The van der Waals surface area contributed by atoms with Crippen molar-refractivity contribution < 1.29 is 18.0 Å². The third kappa shape index (κ3) is 7.45. The maximum absolute atomic E-state index is 13.5. The molecule has 7 nitrogen and oxygen atoms in total. The molecule has 2 aromatic rings.